The molecule has 6 heteroatoms. The maximum Gasteiger partial charge on any atom is 0.150 e. The van der Waals surface area contributed by atoms with Crippen molar-refractivity contribution in [1.82, 2.24) is 15.0 Å². The fourth-order valence-corrected chi connectivity index (χ4v) is 3.44. The highest BCUT2D eigenvalue weighted by Gasteiger charge is 2.20. The zero-order chi connectivity index (χ0) is 20.1. The van der Waals surface area contributed by atoms with Crippen molar-refractivity contribution < 1.29 is 14.4 Å². The van der Waals surface area contributed by atoms with Crippen LogP contribution >= 0.6 is 0 Å². The highest BCUT2D eigenvalue weighted by Crippen LogP contribution is 2.24. The van der Waals surface area contributed by atoms with Gasteiger partial charge in [-0.25, -0.2) is 0 Å². The Morgan fingerprint density at radius 1 is 1.11 bits per heavy atom. The second-order valence-corrected chi connectivity index (χ2v) is 8.75. The first kappa shape index (κ1) is 20.8. The van der Waals surface area contributed by atoms with E-state index in [-0.39, 0.29) is 5.41 Å². The van der Waals surface area contributed by atoms with Crippen LogP contribution in [0.3, 0.4) is 0 Å². The van der Waals surface area contributed by atoms with Crippen molar-refractivity contribution in [1.29, 1.82) is 0 Å². The van der Waals surface area contributed by atoms with E-state index < -0.39 is 6.10 Å². The molecule has 1 aliphatic heterocycles. The minimum atomic E-state index is -0.495. The minimum Gasteiger partial charge on any atom is -0.491 e. The van der Waals surface area contributed by atoms with E-state index in [9.17, 15) is 5.11 Å². The number of rotatable bonds is 7. The molecule has 1 fully saturated rings. The van der Waals surface area contributed by atoms with Crippen LogP contribution in [0.25, 0.3) is 0 Å². The number of aliphatic hydroxyl groups excluding tert-OH is 1. The van der Waals surface area contributed by atoms with Crippen LogP contribution in [0, 0.1) is 6.92 Å². The average Bonchev–Trinajstić information content (AvgIpc) is 3.06. The Kier molecular flexibility index (Phi) is 6.75. The molecule has 0 radical (unpaired) electrons. The van der Waals surface area contributed by atoms with Crippen LogP contribution in [-0.4, -0.2) is 65.5 Å². The summed E-state index contributed by atoms with van der Waals surface area (Å²) in [6.45, 7) is 14.1. The van der Waals surface area contributed by atoms with Crippen LogP contribution in [0.5, 0.6) is 5.75 Å². The molecule has 1 aliphatic rings. The largest absolute Gasteiger partial charge is 0.491 e. The summed E-state index contributed by atoms with van der Waals surface area (Å²) in [5.41, 5.74) is 2.33. The summed E-state index contributed by atoms with van der Waals surface area (Å²) in [4.78, 5) is 4.65. The van der Waals surface area contributed by atoms with E-state index in [0.717, 1.165) is 49.9 Å². The predicted octanol–water partition coefficient (Wildman–Crippen LogP) is 2.84. The van der Waals surface area contributed by atoms with Gasteiger partial charge in [-0.2, -0.15) is 0 Å². The number of hydrogen-bond donors (Lipinski definition) is 1. The van der Waals surface area contributed by atoms with Gasteiger partial charge in [0.1, 0.15) is 18.5 Å². The molecule has 2 aromatic rings. The van der Waals surface area contributed by atoms with Gasteiger partial charge < -0.3 is 14.4 Å². The summed E-state index contributed by atoms with van der Waals surface area (Å²) in [6.07, 6.45) is -0.495. The van der Waals surface area contributed by atoms with Crippen LogP contribution in [0.4, 0.5) is 0 Å². The van der Waals surface area contributed by atoms with Gasteiger partial charge in [0.25, 0.3) is 0 Å². The van der Waals surface area contributed by atoms with E-state index in [4.69, 9.17) is 9.26 Å². The summed E-state index contributed by atoms with van der Waals surface area (Å²) in [6, 6.07) is 10.1. The van der Waals surface area contributed by atoms with E-state index >= 15 is 0 Å². The third-order valence-corrected chi connectivity index (χ3v) is 5.15. The van der Waals surface area contributed by atoms with Gasteiger partial charge in [0, 0.05) is 38.8 Å². The highest BCUT2D eigenvalue weighted by atomic mass is 16.5. The van der Waals surface area contributed by atoms with Crippen LogP contribution in [0.15, 0.2) is 34.9 Å². The molecular formula is C22H33N3O3. The number of β-amino-alcohol motifs (C(OH)–C–C–N with tert-alkyl or cyclic N) is 1. The maximum atomic E-state index is 10.3. The van der Waals surface area contributed by atoms with Gasteiger partial charge >= 0.3 is 0 Å². The lowest BCUT2D eigenvalue weighted by atomic mass is 9.87. The molecule has 3 rings (SSSR count). The van der Waals surface area contributed by atoms with Gasteiger partial charge in [-0.3, -0.25) is 9.80 Å². The molecule has 6 nitrogen and oxygen atoms in total. The molecule has 0 bridgehead atoms. The fraction of sp³-hybridized carbons (Fsp3) is 0.591. The molecule has 28 heavy (non-hydrogen) atoms. The van der Waals surface area contributed by atoms with Crippen molar-refractivity contribution in [3.05, 3.63) is 47.3 Å². The Morgan fingerprint density at radius 2 is 1.75 bits per heavy atom. The second kappa shape index (κ2) is 9.07. The van der Waals surface area contributed by atoms with Gasteiger partial charge in [-0.15, -0.1) is 0 Å². The number of aromatic nitrogens is 1. The van der Waals surface area contributed by atoms with E-state index in [0.29, 0.717) is 13.2 Å². The van der Waals surface area contributed by atoms with Crippen LogP contribution in [0.1, 0.15) is 37.8 Å². The van der Waals surface area contributed by atoms with Crippen LogP contribution < -0.4 is 4.74 Å². The SMILES string of the molecule is Cc1cc(CN2CCN(CC(O)COc3ccc(C(C)(C)C)cc3)CC2)on1. The highest BCUT2D eigenvalue weighted by molar-refractivity contribution is 5.31. The molecule has 1 unspecified atom stereocenters. The number of ether oxygens (including phenoxy) is 1. The molecule has 0 saturated carbocycles. The van der Waals surface area contributed by atoms with Crippen molar-refractivity contribution in [3.8, 4) is 5.75 Å². The number of aryl methyl sites for hydroxylation is 1. The third kappa shape index (κ3) is 6.06. The molecule has 1 N–H and O–H groups in total. The Balaban J connectivity index is 1.37. The van der Waals surface area contributed by atoms with Crippen molar-refractivity contribution in [2.75, 3.05) is 39.3 Å². The molecule has 0 spiro atoms. The summed E-state index contributed by atoms with van der Waals surface area (Å²) < 4.78 is 11.1. The molecule has 154 valence electrons. The monoisotopic (exact) mass is 387 g/mol. The van der Waals surface area contributed by atoms with Gasteiger partial charge in [-0.05, 0) is 30.0 Å². The van der Waals surface area contributed by atoms with Gasteiger partial charge in [0.2, 0.25) is 0 Å². The molecule has 0 amide bonds. The third-order valence-electron chi connectivity index (χ3n) is 5.15. The topological polar surface area (TPSA) is 62.0 Å². The minimum absolute atomic E-state index is 0.131. The average molecular weight is 388 g/mol. The lowest BCUT2D eigenvalue weighted by Gasteiger charge is -2.35. The number of nitrogens with zero attached hydrogens (tertiary/aromatic N) is 3. The zero-order valence-electron chi connectivity index (χ0n) is 17.5. The first-order chi connectivity index (χ1) is 13.3. The summed E-state index contributed by atoms with van der Waals surface area (Å²) in [7, 11) is 0. The van der Waals surface area contributed by atoms with E-state index in [2.05, 4.69) is 47.9 Å². The molecule has 2 heterocycles. The standard InChI is InChI=1S/C22H33N3O3/c1-17-13-21(28-23-17)15-25-11-9-24(10-12-25)14-19(26)16-27-20-7-5-18(6-8-20)22(2,3)4/h5-8,13,19,26H,9-12,14-16H2,1-4H3. The zero-order valence-corrected chi connectivity index (χ0v) is 17.5. The van der Waals surface area contributed by atoms with Gasteiger partial charge in [0.05, 0.1) is 12.2 Å². The maximum absolute atomic E-state index is 10.3. The second-order valence-electron chi connectivity index (χ2n) is 8.75. The Morgan fingerprint density at radius 3 is 2.32 bits per heavy atom. The van der Waals surface area contributed by atoms with Gasteiger partial charge in [-0.1, -0.05) is 38.1 Å². The van der Waals surface area contributed by atoms with Gasteiger partial charge in [0.15, 0.2) is 5.76 Å². The van der Waals surface area contributed by atoms with E-state index in [1.807, 2.05) is 25.1 Å². The normalized spacial score (nSPS) is 17.6. The van der Waals surface area contributed by atoms with Crippen molar-refractivity contribution in [2.45, 2.75) is 45.8 Å². The number of aliphatic hydroxyl groups is 1. The molecular weight excluding hydrogens is 354 g/mol. The molecule has 1 saturated heterocycles. The lowest BCUT2D eigenvalue weighted by Crippen LogP contribution is -2.48. The van der Waals surface area contributed by atoms with Crippen LogP contribution in [0.2, 0.25) is 0 Å². The van der Waals surface area contributed by atoms with E-state index in [1.54, 1.807) is 0 Å². The lowest BCUT2D eigenvalue weighted by molar-refractivity contribution is 0.0430. The predicted molar refractivity (Wildman–Crippen MR) is 110 cm³/mol. The van der Waals surface area contributed by atoms with Crippen LogP contribution in [-0.2, 0) is 12.0 Å². The van der Waals surface area contributed by atoms with Crippen molar-refractivity contribution in [2.24, 2.45) is 0 Å². The fourth-order valence-electron chi connectivity index (χ4n) is 3.44. The molecule has 1 atom stereocenters. The summed E-state index contributed by atoms with van der Waals surface area (Å²) >= 11 is 0. The smallest absolute Gasteiger partial charge is 0.150 e. The first-order valence-corrected chi connectivity index (χ1v) is 10.1. The number of benzene rings is 1. The van der Waals surface area contributed by atoms with E-state index in [1.165, 1.54) is 5.56 Å². The van der Waals surface area contributed by atoms with Crippen molar-refractivity contribution >= 4 is 0 Å². The molecule has 0 aliphatic carbocycles. The Hall–Kier alpha value is -1.89. The Labute approximate surface area is 168 Å². The molecule has 1 aromatic heterocycles. The number of piperazine rings is 1. The first-order valence-electron chi connectivity index (χ1n) is 10.1. The molecule has 1 aromatic carbocycles. The van der Waals surface area contributed by atoms with Crippen molar-refractivity contribution in [3.63, 3.8) is 0 Å². The summed E-state index contributed by atoms with van der Waals surface area (Å²) in [5.74, 6) is 1.72. The quantitative estimate of drug-likeness (QED) is 0.788. The summed E-state index contributed by atoms with van der Waals surface area (Å²) in [5, 5.41) is 14.3. The Bertz CT molecular complexity index is 728. The number of hydrogen-bond acceptors (Lipinski definition) is 6.